The average molecular weight is 495 g/mol. The van der Waals surface area contributed by atoms with Crippen LogP contribution in [0.4, 0.5) is 0 Å². The first-order chi connectivity index (χ1) is 15.6. The fraction of sp³-hybridized carbons (Fsp3) is 1.00. The highest BCUT2D eigenvalue weighted by atomic mass is 31.2. The van der Waals surface area contributed by atoms with Crippen LogP contribution in [-0.2, 0) is 13.8 Å². The third-order valence-corrected chi connectivity index (χ3v) is 6.85. The Balaban J connectivity index is 3.59. The van der Waals surface area contributed by atoms with E-state index in [0.717, 1.165) is 17.4 Å². The minimum absolute atomic E-state index is 0.00167. The molecule has 0 bridgehead atoms. The number of unbranched alkanes of at least 4 members (excludes halogenated alkanes) is 13. The standard InChI is InChI=1S/C26H57NO5P/c1-7-8-9-10-11-12-13-14-15-16-17-18-19-20-22-30-26(2,3)25(28)24-32-33(29)31-23-21-27(4,5)6/h25,28-29H,7-24H2,1-6H3/q+1. The Hall–Kier alpha value is 0.190. The number of hydrogen-bond acceptors (Lipinski definition) is 5. The zero-order valence-corrected chi connectivity index (χ0v) is 23.7. The molecule has 0 aliphatic rings. The van der Waals surface area contributed by atoms with E-state index in [1.54, 1.807) is 0 Å². The van der Waals surface area contributed by atoms with Crippen LogP contribution >= 0.6 is 8.60 Å². The Morgan fingerprint density at radius 2 is 1.18 bits per heavy atom. The van der Waals surface area contributed by atoms with Crippen LogP contribution < -0.4 is 0 Å². The summed E-state index contributed by atoms with van der Waals surface area (Å²) in [5.41, 5.74) is -0.713. The van der Waals surface area contributed by atoms with Gasteiger partial charge in [0.25, 0.3) is 0 Å². The molecule has 0 aromatic rings. The SMILES string of the molecule is CCCCCCCCCCCCCCCCOC(C)(C)C(O)COP(O)OCC[N+](C)(C)C. The number of ether oxygens (including phenoxy) is 1. The first kappa shape index (κ1) is 33.2. The number of aliphatic hydroxyl groups excluding tert-OH is 1. The molecule has 0 heterocycles. The fourth-order valence-corrected chi connectivity index (χ4v) is 4.07. The lowest BCUT2D eigenvalue weighted by atomic mass is 10.0. The molecule has 0 saturated heterocycles. The molecular formula is C26H57NO5P+. The summed E-state index contributed by atoms with van der Waals surface area (Å²) < 4.78 is 17.3. The van der Waals surface area contributed by atoms with Crippen LogP contribution in [-0.4, -0.2) is 73.7 Å². The molecular weight excluding hydrogens is 437 g/mol. The molecule has 2 atom stereocenters. The van der Waals surface area contributed by atoms with Crippen molar-refractivity contribution in [2.75, 3.05) is 47.5 Å². The molecule has 2 N–H and O–H groups in total. The molecule has 2 unspecified atom stereocenters. The van der Waals surface area contributed by atoms with Crippen molar-refractivity contribution in [2.45, 2.75) is 122 Å². The van der Waals surface area contributed by atoms with E-state index in [9.17, 15) is 10.00 Å². The Morgan fingerprint density at radius 3 is 1.64 bits per heavy atom. The van der Waals surface area contributed by atoms with Crippen molar-refractivity contribution >= 4 is 8.60 Å². The normalized spacial score (nSPS) is 14.5. The van der Waals surface area contributed by atoms with Gasteiger partial charge in [0.2, 0.25) is 0 Å². The summed E-state index contributed by atoms with van der Waals surface area (Å²) in [7, 11) is 4.21. The van der Waals surface area contributed by atoms with E-state index >= 15 is 0 Å². The van der Waals surface area contributed by atoms with Gasteiger partial charge in [-0.2, -0.15) is 0 Å². The summed E-state index contributed by atoms with van der Waals surface area (Å²) in [5, 5.41) is 10.4. The molecule has 6 nitrogen and oxygen atoms in total. The van der Waals surface area contributed by atoms with Gasteiger partial charge in [-0.05, 0) is 20.3 Å². The Bertz CT molecular complexity index is 431. The maximum absolute atomic E-state index is 10.4. The number of aliphatic hydroxyl groups is 1. The van der Waals surface area contributed by atoms with Gasteiger partial charge in [-0.3, -0.25) is 0 Å². The average Bonchev–Trinajstić information content (AvgIpc) is 2.73. The number of hydrogen-bond donors (Lipinski definition) is 2. The molecule has 0 spiro atoms. The third kappa shape index (κ3) is 22.4. The molecule has 0 fully saturated rings. The van der Waals surface area contributed by atoms with Gasteiger partial charge in [-0.15, -0.1) is 0 Å². The van der Waals surface area contributed by atoms with E-state index in [1.165, 1.54) is 83.5 Å². The lowest BCUT2D eigenvalue weighted by Gasteiger charge is -2.31. The topological polar surface area (TPSA) is 68.2 Å². The van der Waals surface area contributed by atoms with Crippen molar-refractivity contribution in [3.8, 4) is 0 Å². The quantitative estimate of drug-likeness (QED) is 0.0901. The smallest absolute Gasteiger partial charge is 0.330 e. The van der Waals surface area contributed by atoms with Gasteiger partial charge in [-0.1, -0.05) is 90.4 Å². The molecule has 0 aromatic heterocycles. The highest BCUT2D eigenvalue weighted by Crippen LogP contribution is 2.33. The zero-order chi connectivity index (χ0) is 25.0. The fourth-order valence-electron chi connectivity index (χ4n) is 3.49. The second kappa shape index (κ2) is 20.4. The summed E-state index contributed by atoms with van der Waals surface area (Å²) in [4.78, 5) is 9.84. The van der Waals surface area contributed by atoms with E-state index in [2.05, 4.69) is 28.1 Å². The van der Waals surface area contributed by atoms with Gasteiger partial charge in [0, 0.05) is 6.61 Å². The van der Waals surface area contributed by atoms with Crippen molar-refractivity contribution in [1.29, 1.82) is 0 Å². The largest absolute Gasteiger partial charge is 0.388 e. The maximum Gasteiger partial charge on any atom is 0.330 e. The zero-order valence-electron chi connectivity index (χ0n) is 22.8. The molecule has 0 aromatic carbocycles. The Morgan fingerprint density at radius 1 is 0.727 bits per heavy atom. The van der Waals surface area contributed by atoms with Crippen LogP contribution in [0, 0.1) is 0 Å². The first-order valence-electron chi connectivity index (χ1n) is 13.5. The summed E-state index contributed by atoms with van der Waals surface area (Å²) in [6, 6.07) is 0. The van der Waals surface area contributed by atoms with Crippen molar-refractivity contribution in [3.05, 3.63) is 0 Å². The summed E-state index contributed by atoms with van der Waals surface area (Å²) in [5.74, 6) is 0. The first-order valence-corrected chi connectivity index (χ1v) is 14.6. The Kier molecular flexibility index (Phi) is 20.5. The van der Waals surface area contributed by atoms with Crippen molar-refractivity contribution in [1.82, 2.24) is 0 Å². The van der Waals surface area contributed by atoms with E-state index in [1.807, 2.05) is 13.8 Å². The summed E-state index contributed by atoms with van der Waals surface area (Å²) in [6.07, 6.45) is 17.8. The highest BCUT2D eigenvalue weighted by Gasteiger charge is 2.30. The summed E-state index contributed by atoms with van der Waals surface area (Å²) >= 11 is 0. The minimum atomic E-state index is -1.97. The van der Waals surface area contributed by atoms with E-state index in [4.69, 9.17) is 13.8 Å². The summed E-state index contributed by atoms with van der Waals surface area (Å²) in [6.45, 7) is 7.83. The minimum Gasteiger partial charge on any atom is -0.388 e. The number of rotatable bonds is 24. The molecule has 200 valence electrons. The number of likely N-dealkylation sites (N-methyl/N-ethyl adjacent to an activating group) is 1. The van der Waals surface area contributed by atoms with E-state index < -0.39 is 20.3 Å². The maximum atomic E-state index is 10.4. The van der Waals surface area contributed by atoms with E-state index in [0.29, 0.717) is 13.2 Å². The molecule has 0 aliphatic heterocycles. The van der Waals surface area contributed by atoms with Crippen molar-refractivity contribution < 1.29 is 28.3 Å². The molecule has 7 heteroatoms. The van der Waals surface area contributed by atoms with Gasteiger partial charge in [0.1, 0.15) is 19.3 Å². The predicted molar refractivity (Wildman–Crippen MR) is 140 cm³/mol. The Labute approximate surface area is 207 Å². The molecule has 33 heavy (non-hydrogen) atoms. The van der Waals surface area contributed by atoms with Gasteiger partial charge < -0.3 is 28.3 Å². The second-order valence-corrected chi connectivity index (χ2v) is 11.9. The molecule has 0 amide bonds. The molecule has 0 aliphatic carbocycles. The molecule has 0 rings (SSSR count). The lowest BCUT2D eigenvalue weighted by molar-refractivity contribution is -0.870. The van der Waals surface area contributed by atoms with E-state index in [-0.39, 0.29) is 6.61 Å². The third-order valence-electron chi connectivity index (χ3n) is 6.08. The van der Waals surface area contributed by atoms with Crippen LogP contribution in [0.15, 0.2) is 0 Å². The van der Waals surface area contributed by atoms with Crippen molar-refractivity contribution in [3.63, 3.8) is 0 Å². The second-order valence-electron chi connectivity index (χ2n) is 10.9. The monoisotopic (exact) mass is 494 g/mol. The van der Waals surface area contributed by atoms with Crippen molar-refractivity contribution in [2.24, 2.45) is 0 Å². The highest BCUT2D eigenvalue weighted by molar-refractivity contribution is 7.40. The lowest BCUT2D eigenvalue weighted by Crippen LogP contribution is -2.42. The number of nitrogens with zero attached hydrogens (tertiary/aromatic N) is 1. The van der Waals surface area contributed by atoms with Gasteiger partial charge in [0.15, 0.2) is 0 Å². The predicted octanol–water partition coefficient (Wildman–Crippen LogP) is 6.58. The van der Waals surface area contributed by atoms with Gasteiger partial charge >= 0.3 is 8.60 Å². The number of quaternary nitrogens is 1. The van der Waals surface area contributed by atoms with Crippen LogP contribution in [0.1, 0.15) is 111 Å². The molecule has 0 radical (unpaired) electrons. The van der Waals surface area contributed by atoms with Crippen LogP contribution in [0.3, 0.4) is 0 Å². The van der Waals surface area contributed by atoms with Gasteiger partial charge in [0.05, 0.1) is 33.4 Å². The van der Waals surface area contributed by atoms with Crippen LogP contribution in [0.25, 0.3) is 0 Å². The molecule has 0 saturated carbocycles. The van der Waals surface area contributed by atoms with Crippen LogP contribution in [0.5, 0.6) is 0 Å². The van der Waals surface area contributed by atoms with Gasteiger partial charge in [-0.25, -0.2) is 0 Å². The van der Waals surface area contributed by atoms with Crippen LogP contribution in [0.2, 0.25) is 0 Å².